The number of para-hydroxylation sites is 1. The first kappa shape index (κ1) is 22.9. The van der Waals surface area contributed by atoms with Gasteiger partial charge in [0.15, 0.2) is 5.96 Å². The van der Waals surface area contributed by atoms with Gasteiger partial charge in [0.05, 0.1) is 6.54 Å². The van der Waals surface area contributed by atoms with Crippen LogP contribution in [0.25, 0.3) is 0 Å². The smallest absolute Gasteiger partial charge is 0.191 e. The summed E-state index contributed by atoms with van der Waals surface area (Å²) in [5.74, 6) is 1.89. The monoisotopic (exact) mass is 520 g/mol. The Morgan fingerprint density at radius 2 is 1.90 bits per heavy atom. The highest BCUT2D eigenvalue weighted by Gasteiger charge is 2.27. The largest absolute Gasteiger partial charge is 0.488 e. The van der Waals surface area contributed by atoms with Crippen LogP contribution in [0.1, 0.15) is 30.9 Å². The van der Waals surface area contributed by atoms with Crippen LogP contribution in [0.4, 0.5) is 0 Å². The zero-order chi connectivity index (χ0) is 20.1. The van der Waals surface area contributed by atoms with Crippen molar-refractivity contribution >= 4 is 29.9 Å². The topological polar surface area (TPSA) is 48.9 Å². The molecule has 1 saturated heterocycles. The number of aliphatic imine (C=N–C) groups is 1. The van der Waals surface area contributed by atoms with E-state index < -0.39 is 0 Å². The third-order valence-electron chi connectivity index (χ3n) is 6.02. The average molecular weight is 520 g/mol. The van der Waals surface area contributed by atoms with Crippen molar-refractivity contribution in [3.63, 3.8) is 0 Å². The summed E-state index contributed by atoms with van der Waals surface area (Å²) in [4.78, 5) is 7.01. The second-order valence-corrected chi connectivity index (χ2v) is 8.18. The van der Waals surface area contributed by atoms with Crippen LogP contribution in [0.5, 0.6) is 5.75 Å². The molecule has 5 nitrogen and oxygen atoms in total. The van der Waals surface area contributed by atoms with Crippen LogP contribution in [0.15, 0.2) is 59.6 Å². The van der Waals surface area contributed by atoms with E-state index in [1.807, 2.05) is 19.2 Å². The molecule has 4 rings (SSSR count). The maximum atomic E-state index is 6.03. The Labute approximate surface area is 197 Å². The fourth-order valence-corrected chi connectivity index (χ4v) is 4.37. The number of halogens is 1. The first-order valence-corrected chi connectivity index (χ1v) is 10.7. The lowest BCUT2D eigenvalue weighted by molar-refractivity contribution is 0.134. The number of nitrogens with zero attached hydrogens (tertiary/aromatic N) is 2. The molecule has 2 aliphatic rings. The van der Waals surface area contributed by atoms with Gasteiger partial charge in [-0.05, 0) is 37.0 Å². The molecule has 0 saturated carbocycles. The Hall–Kier alpha value is -1.80. The number of rotatable bonds is 5. The number of ether oxygens (including phenoxy) is 1. The van der Waals surface area contributed by atoms with Crippen LogP contribution in [0.3, 0.4) is 0 Å². The minimum atomic E-state index is 0. The van der Waals surface area contributed by atoms with Gasteiger partial charge in [0.2, 0.25) is 0 Å². The molecule has 3 unspecified atom stereocenters. The molecular formula is C24H33IN4O. The quantitative estimate of drug-likeness (QED) is 0.358. The van der Waals surface area contributed by atoms with Gasteiger partial charge in [0, 0.05) is 38.6 Å². The minimum absolute atomic E-state index is 0. The lowest BCUT2D eigenvalue weighted by Gasteiger charge is -2.38. The first-order valence-electron chi connectivity index (χ1n) is 10.7. The van der Waals surface area contributed by atoms with Crippen LogP contribution in [-0.4, -0.2) is 49.2 Å². The van der Waals surface area contributed by atoms with E-state index in [1.54, 1.807) is 0 Å². The van der Waals surface area contributed by atoms with E-state index in [9.17, 15) is 0 Å². The minimum Gasteiger partial charge on any atom is -0.488 e. The van der Waals surface area contributed by atoms with Gasteiger partial charge in [-0.25, -0.2) is 0 Å². The molecule has 0 bridgehead atoms. The van der Waals surface area contributed by atoms with Crippen molar-refractivity contribution in [1.29, 1.82) is 0 Å². The normalized spacial score (nSPS) is 23.8. The summed E-state index contributed by atoms with van der Waals surface area (Å²) in [5.41, 5.74) is 2.68. The molecule has 0 amide bonds. The molecule has 1 fully saturated rings. The van der Waals surface area contributed by atoms with E-state index in [1.165, 1.54) is 11.1 Å². The van der Waals surface area contributed by atoms with Gasteiger partial charge >= 0.3 is 0 Å². The van der Waals surface area contributed by atoms with Crippen molar-refractivity contribution in [2.45, 2.75) is 50.9 Å². The zero-order valence-corrected chi connectivity index (χ0v) is 20.2. The molecule has 0 spiro atoms. The lowest BCUT2D eigenvalue weighted by Crippen LogP contribution is -2.52. The first-order chi connectivity index (χ1) is 14.2. The molecule has 162 valence electrons. The Morgan fingerprint density at radius 3 is 2.63 bits per heavy atom. The Kier molecular flexibility index (Phi) is 8.39. The van der Waals surface area contributed by atoms with Crippen LogP contribution in [0.2, 0.25) is 0 Å². The summed E-state index contributed by atoms with van der Waals surface area (Å²) >= 11 is 0. The highest BCUT2D eigenvalue weighted by atomic mass is 127. The van der Waals surface area contributed by atoms with Gasteiger partial charge in [-0.3, -0.25) is 9.89 Å². The van der Waals surface area contributed by atoms with E-state index in [2.05, 4.69) is 69.9 Å². The van der Waals surface area contributed by atoms with Crippen molar-refractivity contribution in [3.8, 4) is 5.75 Å². The van der Waals surface area contributed by atoms with Crippen molar-refractivity contribution < 1.29 is 4.74 Å². The molecule has 0 radical (unpaired) electrons. The molecule has 30 heavy (non-hydrogen) atoms. The Morgan fingerprint density at radius 1 is 1.13 bits per heavy atom. The Balaban J connectivity index is 0.00000256. The predicted octanol–water partition coefficient (Wildman–Crippen LogP) is 3.83. The van der Waals surface area contributed by atoms with Crippen LogP contribution in [0, 0.1) is 0 Å². The van der Waals surface area contributed by atoms with Crippen molar-refractivity contribution in [2.75, 3.05) is 20.1 Å². The van der Waals surface area contributed by atoms with E-state index in [0.717, 1.165) is 50.6 Å². The maximum Gasteiger partial charge on any atom is 0.191 e. The molecule has 2 N–H and O–H groups in total. The van der Waals surface area contributed by atoms with Gasteiger partial charge in [0.1, 0.15) is 11.9 Å². The summed E-state index contributed by atoms with van der Waals surface area (Å²) in [6.45, 7) is 5.22. The Bertz CT molecular complexity index is 804. The fourth-order valence-electron chi connectivity index (χ4n) is 4.37. The molecule has 2 heterocycles. The van der Waals surface area contributed by atoms with Crippen LogP contribution < -0.4 is 15.4 Å². The van der Waals surface area contributed by atoms with E-state index in [4.69, 9.17) is 4.74 Å². The molecular weight excluding hydrogens is 487 g/mol. The number of nitrogens with one attached hydrogen (secondary N) is 2. The van der Waals surface area contributed by atoms with Gasteiger partial charge in [-0.15, -0.1) is 24.0 Å². The summed E-state index contributed by atoms with van der Waals surface area (Å²) in [6.07, 6.45) is 3.37. The lowest BCUT2D eigenvalue weighted by atomic mass is 9.97. The number of hydrogen-bond donors (Lipinski definition) is 2. The van der Waals surface area contributed by atoms with Crippen LogP contribution >= 0.6 is 24.0 Å². The molecule has 0 aromatic heterocycles. The fraction of sp³-hybridized carbons (Fsp3) is 0.458. The highest BCUT2D eigenvalue weighted by Crippen LogP contribution is 2.27. The van der Waals surface area contributed by atoms with Crippen molar-refractivity contribution in [2.24, 2.45) is 4.99 Å². The second kappa shape index (κ2) is 11.0. The molecule has 2 aromatic carbocycles. The summed E-state index contributed by atoms with van der Waals surface area (Å²) in [5, 5.41) is 7.08. The third-order valence-corrected chi connectivity index (χ3v) is 6.02. The third kappa shape index (κ3) is 5.88. The molecule has 2 aromatic rings. The van der Waals surface area contributed by atoms with Crippen molar-refractivity contribution in [1.82, 2.24) is 15.5 Å². The number of benzene rings is 2. The summed E-state index contributed by atoms with van der Waals surface area (Å²) in [7, 11) is 1.84. The van der Waals surface area contributed by atoms with Gasteiger partial charge in [0.25, 0.3) is 0 Å². The molecule has 3 atom stereocenters. The molecule has 2 aliphatic heterocycles. The molecule has 0 aliphatic carbocycles. The standard InChI is InChI=1S/C24H32N4O.HI/c1-18-14-21(12-13-28(18)17-19-8-4-3-5-9-19)27-24(25-2)26-16-22-15-20-10-6-7-11-23(20)29-22;/h3-11,18,21-22H,12-17H2,1-2H3,(H2,25,26,27);1H. The SMILES string of the molecule is CN=C(NCC1Cc2ccccc2O1)NC1CCN(Cc2ccccc2)C(C)C1.I. The summed E-state index contributed by atoms with van der Waals surface area (Å²) in [6, 6.07) is 20.0. The van der Waals surface area contributed by atoms with Crippen LogP contribution in [-0.2, 0) is 13.0 Å². The summed E-state index contributed by atoms with van der Waals surface area (Å²) < 4.78 is 6.03. The van der Waals surface area contributed by atoms with E-state index >= 15 is 0 Å². The number of likely N-dealkylation sites (tertiary alicyclic amines) is 1. The second-order valence-electron chi connectivity index (χ2n) is 8.18. The van der Waals surface area contributed by atoms with Gasteiger partial charge in [-0.1, -0.05) is 48.5 Å². The average Bonchev–Trinajstić information content (AvgIpc) is 3.17. The number of fused-ring (bicyclic) bond motifs is 1. The number of guanidine groups is 1. The molecule has 6 heteroatoms. The van der Waals surface area contributed by atoms with Crippen molar-refractivity contribution in [3.05, 3.63) is 65.7 Å². The zero-order valence-electron chi connectivity index (χ0n) is 17.9. The van der Waals surface area contributed by atoms with E-state index in [-0.39, 0.29) is 30.1 Å². The predicted molar refractivity (Wildman–Crippen MR) is 134 cm³/mol. The maximum absolute atomic E-state index is 6.03. The van der Waals surface area contributed by atoms with Gasteiger partial charge in [-0.2, -0.15) is 0 Å². The number of piperidine rings is 1. The van der Waals surface area contributed by atoms with E-state index in [0.29, 0.717) is 12.1 Å². The number of hydrogen-bond acceptors (Lipinski definition) is 3. The van der Waals surface area contributed by atoms with Gasteiger partial charge < -0.3 is 15.4 Å². The highest BCUT2D eigenvalue weighted by molar-refractivity contribution is 14.0.